The summed E-state index contributed by atoms with van der Waals surface area (Å²) in [5, 5.41) is 7.21. The van der Waals surface area contributed by atoms with E-state index in [0.717, 1.165) is 17.0 Å². The third kappa shape index (κ3) is 3.72. The molecule has 0 aliphatic carbocycles. The van der Waals surface area contributed by atoms with Crippen LogP contribution in [0.25, 0.3) is 0 Å². The predicted octanol–water partition coefficient (Wildman–Crippen LogP) is 3.45. The van der Waals surface area contributed by atoms with E-state index in [0.29, 0.717) is 16.8 Å². The smallest absolute Gasteiger partial charge is 0.228 e. The molecule has 1 heterocycles. The van der Waals surface area contributed by atoms with Crippen LogP contribution in [0, 0.1) is 13.8 Å². The van der Waals surface area contributed by atoms with Gasteiger partial charge < -0.3 is 5.32 Å². The van der Waals surface area contributed by atoms with Crippen molar-refractivity contribution in [3.8, 4) is 0 Å². The molecule has 1 aromatic heterocycles. The molecule has 5 nitrogen and oxygen atoms in total. The van der Waals surface area contributed by atoms with Crippen LogP contribution in [0.2, 0.25) is 0 Å². The van der Waals surface area contributed by atoms with Gasteiger partial charge in [-0.25, -0.2) is 0 Å². The van der Waals surface area contributed by atoms with Crippen LogP contribution in [0.3, 0.4) is 0 Å². The molecule has 0 saturated heterocycles. The van der Waals surface area contributed by atoms with Crippen LogP contribution in [0.1, 0.15) is 32.9 Å². The van der Waals surface area contributed by atoms with E-state index in [4.69, 9.17) is 0 Å². The fraction of sp³-hybridized carbons (Fsp3) is 0.190. The molecule has 132 valence electrons. The number of amides is 1. The van der Waals surface area contributed by atoms with Crippen LogP contribution in [-0.4, -0.2) is 21.5 Å². The summed E-state index contributed by atoms with van der Waals surface area (Å²) in [5.41, 5.74) is 4.54. The Morgan fingerprint density at radius 2 is 1.69 bits per heavy atom. The summed E-state index contributed by atoms with van der Waals surface area (Å²) < 4.78 is 1.77. The molecule has 26 heavy (non-hydrogen) atoms. The average Bonchev–Trinajstić information content (AvgIpc) is 2.88. The van der Waals surface area contributed by atoms with Crippen molar-refractivity contribution in [3.05, 3.63) is 82.7 Å². The molecular formula is C21H21N3O2. The fourth-order valence-electron chi connectivity index (χ4n) is 2.93. The Hall–Kier alpha value is -3.21. The van der Waals surface area contributed by atoms with Crippen LogP contribution in [0.4, 0.5) is 5.69 Å². The molecule has 0 spiro atoms. The first-order valence-corrected chi connectivity index (χ1v) is 8.44. The number of nitrogens with zero attached hydrogens (tertiary/aromatic N) is 2. The molecule has 0 atom stereocenters. The molecule has 0 unspecified atom stereocenters. The largest absolute Gasteiger partial charge is 0.326 e. The van der Waals surface area contributed by atoms with E-state index in [1.54, 1.807) is 41.1 Å². The molecule has 2 aromatic carbocycles. The molecule has 0 aliphatic heterocycles. The van der Waals surface area contributed by atoms with Crippen molar-refractivity contribution in [2.24, 2.45) is 7.05 Å². The Kier molecular flexibility index (Phi) is 4.98. The molecule has 1 amide bonds. The number of aromatic nitrogens is 2. The lowest BCUT2D eigenvalue weighted by molar-refractivity contribution is -0.115. The maximum absolute atomic E-state index is 12.5. The zero-order chi connectivity index (χ0) is 18.7. The number of rotatable bonds is 5. The van der Waals surface area contributed by atoms with Gasteiger partial charge in [-0.1, -0.05) is 42.5 Å². The van der Waals surface area contributed by atoms with Crippen molar-refractivity contribution in [1.82, 2.24) is 9.78 Å². The topological polar surface area (TPSA) is 64.0 Å². The number of hydrogen-bond donors (Lipinski definition) is 1. The van der Waals surface area contributed by atoms with Gasteiger partial charge >= 0.3 is 0 Å². The summed E-state index contributed by atoms with van der Waals surface area (Å²) >= 11 is 0. The zero-order valence-corrected chi connectivity index (χ0v) is 15.1. The van der Waals surface area contributed by atoms with Crippen LogP contribution >= 0.6 is 0 Å². The molecule has 1 N–H and O–H groups in total. The fourth-order valence-corrected chi connectivity index (χ4v) is 2.93. The van der Waals surface area contributed by atoms with Crippen molar-refractivity contribution in [2.45, 2.75) is 20.3 Å². The van der Waals surface area contributed by atoms with Crippen LogP contribution in [0.5, 0.6) is 0 Å². The van der Waals surface area contributed by atoms with E-state index in [9.17, 15) is 9.59 Å². The van der Waals surface area contributed by atoms with Gasteiger partial charge in [0.15, 0.2) is 5.78 Å². The Balaban J connectivity index is 1.74. The van der Waals surface area contributed by atoms with Crippen LogP contribution < -0.4 is 5.32 Å². The van der Waals surface area contributed by atoms with E-state index in [1.807, 2.05) is 39.1 Å². The number of aryl methyl sites for hydroxylation is 2. The van der Waals surface area contributed by atoms with E-state index in [1.165, 1.54) is 0 Å². The third-order valence-electron chi connectivity index (χ3n) is 4.44. The van der Waals surface area contributed by atoms with Gasteiger partial charge in [0.2, 0.25) is 5.91 Å². The molecule has 0 saturated carbocycles. The summed E-state index contributed by atoms with van der Waals surface area (Å²) in [4.78, 5) is 25.0. The van der Waals surface area contributed by atoms with E-state index >= 15 is 0 Å². The van der Waals surface area contributed by atoms with Crippen molar-refractivity contribution in [2.75, 3.05) is 5.32 Å². The summed E-state index contributed by atoms with van der Waals surface area (Å²) in [6, 6.07) is 16.1. The molecule has 0 bridgehead atoms. The highest BCUT2D eigenvalue weighted by Crippen LogP contribution is 2.17. The second kappa shape index (κ2) is 7.35. The van der Waals surface area contributed by atoms with E-state index in [-0.39, 0.29) is 18.1 Å². The van der Waals surface area contributed by atoms with Crippen molar-refractivity contribution >= 4 is 17.4 Å². The minimum Gasteiger partial charge on any atom is -0.326 e. The maximum Gasteiger partial charge on any atom is 0.228 e. The van der Waals surface area contributed by atoms with Crippen molar-refractivity contribution in [1.29, 1.82) is 0 Å². The Labute approximate surface area is 152 Å². The van der Waals surface area contributed by atoms with Crippen molar-refractivity contribution < 1.29 is 9.59 Å². The van der Waals surface area contributed by atoms with Crippen LogP contribution in [-0.2, 0) is 18.3 Å². The minimum absolute atomic E-state index is 0.0688. The SMILES string of the molecule is Cc1nn(C)c(C)c1CC(=O)Nc1cccc(C(=O)c2ccccc2)c1. The Morgan fingerprint density at radius 3 is 2.35 bits per heavy atom. The Morgan fingerprint density at radius 1 is 1.00 bits per heavy atom. The number of benzene rings is 2. The molecule has 3 rings (SSSR count). The molecule has 0 aliphatic rings. The van der Waals surface area contributed by atoms with Gasteiger partial charge in [0, 0.05) is 35.1 Å². The second-order valence-electron chi connectivity index (χ2n) is 6.27. The first-order valence-electron chi connectivity index (χ1n) is 8.44. The number of nitrogens with one attached hydrogen (secondary N) is 1. The molecule has 3 aromatic rings. The molecule has 5 heteroatoms. The summed E-state index contributed by atoms with van der Waals surface area (Å²) in [6.45, 7) is 3.84. The zero-order valence-electron chi connectivity index (χ0n) is 15.1. The van der Waals surface area contributed by atoms with E-state index in [2.05, 4.69) is 10.4 Å². The highest BCUT2D eigenvalue weighted by molar-refractivity contribution is 6.09. The van der Waals surface area contributed by atoms with Gasteiger partial charge in [0.05, 0.1) is 12.1 Å². The number of ketones is 1. The van der Waals surface area contributed by atoms with Gasteiger partial charge in [0.1, 0.15) is 0 Å². The lowest BCUT2D eigenvalue weighted by atomic mass is 10.0. The van der Waals surface area contributed by atoms with Gasteiger partial charge in [-0.3, -0.25) is 14.3 Å². The lowest BCUT2D eigenvalue weighted by Crippen LogP contribution is -2.15. The van der Waals surface area contributed by atoms with E-state index < -0.39 is 0 Å². The third-order valence-corrected chi connectivity index (χ3v) is 4.44. The number of hydrogen-bond acceptors (Lipinski definition) is 3. The van der Waals surface area contributed by atoms with Gasteiger partial charge in [-0.15, -0.1) is 0 Å². The molecule has 0 fully saturated rings. The monoisotopic (exact) mass is 347 g/mol. The highest BCUT2D eigenvalue weighted by atomic mass is 16.1. The summed E-state index contributed by atoms with van der Waals surface area (Å²) in [7, 11) is 1.86. The number of carbonyl (C=O) groups excluding carboxylic acids is 2. The number of carbonyl (C=O) groups is 2. The van der Waals surface area contributed by atoms with Crippen LogP contribution in [0.15, 0.2) is 54.6 Å². The minimum atomic E-state index is -0.131. The standard InChI is InChI=1S/C21H21N3O2/c1-14-19(15(2)24(3)23-14)13-20(25)22-18-11-7-10-17(12-18)21(26)16-8-5-4-6-9-16/h4-12H,13H2,1-3H3,(H,22,25). The maximum atomic E-state index is 12.5. The van der Waals surface area contributed by atoms with Gasteiger partial charge in [-0.2, -0.15) is 5.10 Å². The number of anilines is 1. The Bertz CT molecular complexity index is 959. The quantitative estimate of drug-likeness (QED) is 0.719. The summed E-state index contributed by atoms with van der Waals surface area (Å²) in [5.74, 6) is -0.200. The predicted molar refractivity (Wildman–Crippen MR) is 101 cm³/mol. The second-order valence-corrected chi connectivity index (χ2v) is 6.27. The summed E-state index contributed by atoms with van der Waals surface area (Å²) in [6.07, 6.45) is 0.252. The molecule has 0 radical (unpaired) electrons. The van der Waals surface area contributed by atoms with Crippen molar-refractivity contribution in [3.63, 3.8) is 0 Å². The first kappa shape index (κ1) is 17.6. The molecular weight excluding hydrogens is 326 g/mol. The normalized spacial score (nSPS) is 10.6. The average molecular weight is 347 g/mol. The highest BCUT2D eigenvalue weighted by Gasteiger charge is 2.14. The lowest BCUT2D eigenvalue weighted by Gasteiger charge is -2.08. The van der Waals surface area contributed by atoms with Gasteiger partial charge in [0.25, 0.3) is 0 Å². The van der Waals surface area contributed by atoms with Gasteiger partial charge in [-0.05, 0) is 26.0 Å². The first-order chi connectivity index (χ1) is 12.5.